The molecule has 4 nitrogen and oxygen atoms in total. The number of hydrogen-bond donors (Lipinski definition) is 1. The summed E-state index contributed by atoms with van der Waals surface area (Å²) in [5.74, 6) is 0.709. The molecule has 0 heterocycles. The van der Waals surface area contributed by atoms with Crippen LogP contribution in [0.3, 0.4) is 0 Å². The molecule has 0 fully saturated rings. The minimum Gasteiger partial charge on any atom is -0.508 e. The molecule has 112 valence electrons. The molecular formula is C16H18O4S. The van der Waals surface area contributed by atoms with Crippen molar-refractivity contribution in [3.63, 3.8) is 0 Å². The fourth-order valence-corrected chi connectivity index (χ4v) is 3.28. The third-order valence-corrected chi connectivity index (χ3v) is 4.73. The monoisotopic (exact) mass is 306 g/mol. The number of ether oxygens (including phenoxy) is 1. The van der Waals surface area contributed by atoms with E-state index >= 15 is 0 Å². The molecule has 0 atom stereocenters. The average molecular weight is 306 g/mol. The Balaban J connectivity index is 2.41. The van der Waals surface area contributed by atoms with Gasteiger partial charge >= 0.3 is 0 Å². The molecule has 0 aliphatic rings. The first-order valence-corrected chi connectivity index (χ1v) is 8.10. The van der Waals surface area contributed by atoms with E-state index in [1.165, 1.54) is 30.3 Å². The van der Waals surface area contributed by atoms with Crippen LogP contribution in [0.2, 0.25) is 0 Å². The van der Waals surface area contributed by atoms with Crippen molar-refractivity contribution in [2.75, 3.05) is 0 Å². The number of aromatic hydroxyl groups is 1. The molecule has 0 saturated heterocycles. The molecule has 0 aliphatic heterocycles. The fraction of sp³-hybridized carbons (Fsp3) is 0.250. The summed E-state index contributed by atoms with van der Waals surface area (Å²) in [6, 6.07) is 10.3. The maximum Gasteiger partial charge on any atom is 0.206 e. The maximum atomic E-state index is 12.5. The lowest BCUT2D eigenvalue weighted by molar-refractivity contribution is 0.240. The van der Waals surface area contributed by atoms with Crippen molar-refractivity contribution >= 4 is 9.84 Å². The largest absolute Gasteiger partial charge is 0.508 e. The lowest BCUT2D eigenvalue weighted by Gasteiger charge is -2.13. The summed E-state index contributed by atoms with van der Waals surface area (Å²) in [6.45, 7) is 5.65. The first-order chi connectivity index (χ1) is 9.80. The van der Waals surface area contributed by atoms with Gasteiger partial charge in [-0.3, -0.25) is 0 Å². The third kappa shape index (κ3) is 3.36. The fourth-order valence-electron chi connectivity index (χ4n) is 1.94. The smallest absolute Gasteiger partial charge is 0.206 e. The highest BCUT2D eigenvalue weighted by atomic mass is 32.2. The molecule has 0 aliphatic carbocycles. The quantitative estimate of drug-likeness (QED) is 0.941. The summed E-state index contributed by atoms with van der Waals surface area (Å²) in [6.07, 6.45) is 0.0308. The van der Waals surface area contributed by atoms with Crippen LogP contribution in [-0.4, -0.2) is 19.6 Å². The summed E-state index contributed by atoms with van der Waals surface area (Å²) in [7, 11) is -3.59. The summed E-state index contributed by atoms with van der Waals surface area (Å²) in [4.78, 5) is 0.360. The van der Waals surface area contributed by atoms with Gasteiger partial charge in [0, 0.05) is 0 Å². The van der Waals surface area contributed by atoms with E-state index in [9.17, 15) is 13.5 Å². The minimum absolute atomic E-state index is 0.0308. The van der Waals surface area contributed by atoms with Crippen molar-refractivity contribution in [3.8, 4) is 11.5 Å². The van der Waals surface area contributed by atoms with Crippen LogP contribution in [0.25, 0.3) is 0 Å². The van der Waals surface area contributed by atoms with Gasteiger partial charge in [-0.25, -0.2) is 8.42 Å². The number of aryl methyl sites for hydroxylation is 1. The van der Waals surface area contributed by atoms with Crippen molar-refractivity contribution in [1.29, 1.82) is 0 Å². The van der Waals surface area contributed by atoms with Gasteiger partial charge in [0.1, 0.15) is 11.5 Å². The molecule has 0 unspecified atom stereocenters. The molecule has 0 aromatic heterocycles. The van der Waals surface area contributed by atoms with Crippen molar-refractivity contribution in [3.05, 3.63) is 48.0 Å². The van der Waals surface area contributed by atoms with E-state index in [-0.39, 0.29) is 21.6 Å². The number of hydrogen-bond acceptors (Lipinski definition) is 4. The summed E-state index contributed by atoms with van der Waals surface area (Å²) < 4.78 is 30.6. The zero-order valence-electron chi connectivity index (χ0n) is 12.2. The number of sulfone groups is 1. The summed E-state index contributed by atoms with van der Waals surface area (Å²) >= 11 is 0. The summed E-state index contributed by atoms with van der Waals surface area (Å²) in [5.41, 5.74) is 0.767. The topological polar surface area (TPSA) is 63.6 Å². The summed E-state index contributed by atoms with van der Waals surface area (Å²) in [5, 5.41) is 9.25. The average Bonchev–Trinajstić information content (AvgIpc) is 2.41. The Labute approximate surface area is 124 Å². The van der Waals surface area contributed by atoms with Gasteiger partial charge in [0.25, 0.3) is 0 Å². The number of phenolic OH excluding ortho intramolecular Hbond substituents is 1. The highest BCUT2D eigenvalue weighted by Crippen LogP contribution is 2.27. The highest BCUT2D eigenvalue weighted by molar-refractivity contribution is 7.91. The second-order valence-electron chi connectivity index (χ2n) is 5.09. The van der Waals surface area contributed by atoms with Crippen LogP contribution in [0.5, 0.6) is 11.5 Å². The first-order valence-electron chi connectivity index (χ1n) is 6.62. The molecule has 5 heteroatoms. The lowest BCUT2D eigenvalue weighted by Crippen LogP contribution is -2.08. The third-order valence-electron chi connectivity index (χ3n) is 2.97. The minimum atomic E-state index is -3.59. The van der Waals surface area contributed by atoms with Crippen LogP contribution in [-0.2, 0) is 9.84 Å². The van der Waals surface area contributed by atoms with E-state index in [1.807, 2.05) is 20.8 Å². The highest BCUT2D eigenvalue weighted by Gasteiger charge is 2.18. The Bertz CT molecular complexity index is 731. The van der Waals surface area contributed by atoms with Crippen LogP contribution in [0.15, 0.2) is 52.3 Å². The van der Waals surface area contributed by atoms with E-state index in [2.05, 4.69) is 0 Å². The van der Waals surface area contributed by atoms with Crippen LogP contribution in [0.4, 0.5) is 0 Å². The van der Waals surface area contributed by atoms with Crippen molar-refractivity contribution < 1.29 is 18.3 Å². The zero-order chi connectivity index (χ0) is 15.6. The van der Waals surface area contributed by atoms with Gasteiger partial charge in [0.2, 0.25) is 9.84 Å². The van der Waals surface area contributed by atoms with Gasteiger partial charge in [0.05, 0.1) is 15.9 Å². The van der Waals surface area contributed by atoms with Gasteiger partial charge in [-0.1, -0.05) is 0 Å². The van der Waals surface area contributed by atoms with E-state index < -0.39 is 9.84 Å². The molecule has 0 bridgehead atoms. The maximum absolute atomic E-state index is 12.5. The van der Waals surface area contributed by atoms with Gasteiger partial charge in [0.15, 0.2) is 0 Å². The Morgan fingerprint density at radius 2 is 1.57 bits per heavy atom. The Hall–Kier alpha value is -2.01. The first kappa shape index (κ1) is 15.4. The molecule has 0 amide bonds. The molecule has 21 heavy (non-hydrogen) atoms. The van der Waals surface area contributed by atoms with E-state index in [1.54, 1.807) is 12.1 Å². The van der Waals surface area contributed by atoms with Crippen LogP contribution in [0, 0.1) is 6.92 Å². The number of rotatable bonds is 4. The molecule has 2 rings (SSSR count). The standard InChI is InChI=1S/C16H18O4S/c1-11(2)20-16-9-8-15(10-12(16)3)21(18,19)14-6-4-13(17)5-7-14/h4-11,17H,1-3H3. The molecule has 1 N–H and O–H groups in total. The van der Waals surface area contributed by atoms with E-state index in [0.29, 0.717) is 5.75 Å². The predicted octanol–water partition coefficient (Wildman–Crippen LogP) is 3.32. The number of phenols is 1. The predicted molar refractivity (Wildman–Crippen MR) is 80.5 cm³/mol. The van der Waals surface area contributed by atoms with Gasteiger partial charge in [-0.15, -0.1) is 0 Å². The van der Waals surface area contributed by atoms with Gasteiger partial charge in [-0.2, -0.15) is 0 Å². The molecular weight excluding hydrogens is 288 g/mol. The zero-order valence-corrected chi connectivity index (χ0v) is 13.0. The van der Waals surface area contributed by atoms with Crippen LogP contribution >= 0.6 is 0 Å². The van der Waals surface area contributed by atoms with Crippen LogP contribution < -0.4 is 4.74 Å². The Morgan fingerprint density at radius 1 is 1.00 bits per heavy atom. The van der Waals surface area contributed by atoms with E-state index in [0.717, 1.165) is 5.56 Å². The van der Waals surface area contributed by atoms with Crippen LogP contribution in [0.1, 0.15) is 19.4 Å². The molecule has 0 radical (unpaired) electrons. The number of benzene rings is 2. The Kier molecular flexibility index (Phi) is 4.23. The van der Waals surface area contributed by atoms with Crippen molar-refractivity contribution in [2.24, 2.45) is 0 Å². The second kappa shape index (κ2) is 5.77. The molecule has 2 aromatic rings. The van der Waals surface area contributed by atoms with Gasteiger partial charge in [-0.05, 0) is 68.8 Å². The van der Waals surface area contributed by atoms with Gasteiger partial charge < -0.3 is 9.84 Å². The van der Waals surface area contributed by atoms with Crippen molar-refractivity contribution in [2.45, 2.75) is 36.7 Å². The second-order valence-corrected chi connectivity index (χ2v) is 7.04. The molecule has 0 spiro atoms. The SMILES string of the molecule is Cc1cc(S(=O)(=O)c2ccc(O)cc2)ccc1OC(C)C. The lowest BCUT2D eigenvalue weighted by atomic mass is 10.2. The van der Waals surface area contributed by atoms with Crippen molar-refractivity contribution in [1.82, 2.24) is 0 Å². The normalized spacial score (nSPS) is 11.6. The molecule has 0 saturated carbocycles. The Morgan fingerprint density at radius 3 is 2.10 bits per heavy atom. The molecule has 2 aromatic carbocycles. The van der Waals surface area contributed by atoms with E-state index in [4.69, 9.17) is 4.74 Å².